The van der Waals surface area contributed by atoms with Gasteiger partial charge in [0.2, 0.25) is 15.9 Å². The molecule has 6 heteroatoms. The second-order valence-corrected chi connectivity index (χ2v) is 6.25. The number of nitrogens with one attached hydrogen (secondary N) is 1. The van der Waals surface area contributed by atoms with Gasteiger partial charge in [0.25, 0.3) is 0 Å². The molecule has 1 amide bonds. The number of carbonyl (C=O) groups excluding carboxylic acids is 1. The van der Waals surface area contributed by atoms with Gasteiger partial charge in [0.1, 0.15) is 0 Å². The number of amides is 1. The third kappa shape index (κ3) is 3.90. The quantitative estimate of drug-likeness (QED) is 0.843. The molecule has 0 aliphatic carbocycles. The SMILES string of the molecule is NC(=O)c1ccccc1CCNS(=O)(=O)c1ccccc1. The highest BCUT2D eigenvalue weighted by Gasteiger charge is 2.13. The minimum absolute atomic E-state index is 0.196. The number of primary amides is 1. The molecule has 2 rings (SSSR count). The molecule has 0 unspecified atom stereocenters. The molecule has 0 fully saturated rings. The zero-order valence-electron chi connectivity index (χ0n) is 11.3. The number of rotatable bonds is 6. The molecule has 0 spiro atoms. The number of benzene rings is 2. The molecule has 0 heterocycles. The van der Waals surface area contributed by atoms with Gasteiger partial charge in [-0.1, -0.05) is 36.4 Å². The molecule has 2 aromatic rings. The van der Waals surface area contributed by atoms with Crippen LogP contribution in [-0.4, -0.2) is 20.9 Å². The van der Waals surface area contributed by atoms with E-state index >= 15 is 0 Å². The molecule has 0 aromatic heterocycles. The van der Waals surface area contributed by atoms with E-state index in [0.29, 0.717) is 12.0 Å². The van der Waals surface area contributed by atoms with Crippen LogP contribution in [0.3, 0.4) is 0 Å². The van der Waals surface area contributed by atoms with E-state index in [1.165, 1.54) is 12.1 Å². The lowest BCUT2D eigenvalue weighted by Gasteiger charge is -2.08. The number of sulfonamides is 1. The van der Waals surface area contributed by atoms with Crippen molar-refractivity contribution < 1.29 is 13.2 Å². The Kier molecular flexibility index (Phi) is 4.72. The summed E-state index contributed by atoms with van der Waals surface area (Å²) in [4.78, 5) is 11.5. The third-order valence-electron chi connectivity index (χ3n) is 3.02. The molecule has 0 saturated heterocycles. The van der Waals surface area contributed by atoms with Crippen molar-refractivity contribution in [1.82, 2.24) is 4.72 Å². The van der Waals surface area contributed by atoms with E-state index in [-0.39, 0.29) is 11.4 Å². The van der Waals surface area contributed by atoms with E-state index < -0.39 is 15.9 Å². The minimum atomic E-state index is -3.53. The summed E-state index contributed by atoms with van der Waals surface area (Å²) < 4.78 is 26.6. The van der Waals surface area contributed by atoms with Crippen LogP contribution in [0, 0.1) is 0 Å². The summed E-state index contributed by atoms with van der Waals surface area (Å²) in [6.45, 7) is 0.196. The smallest absolute Gasteiger partial charge is 0.248 e. The number of hydrogen-bond donors (Lipinski definition) is 2. The Morgan fingerprint density at radius 3 is 2.29 bits per heavy atom. The Morgan fingerprint density at radius 2 is 1.62 bits per heavy atom. The maximum absolute atomic E-state index is 12.0. The van der Waals surface area contributed by atoms with E-state index in [9.17, 15) is 13.2 Å². The molecular weight excluding hydrogens is 288 g/mol. The molecule has 0 aliphatic rings. The van der Waals surface area contributed by atoms with Crippen LogP contribution < -0.4 is 10.5 Å². The first-order valence-corrected chi connectivity index (χ1v) is 7.91. The standard InChI is InChI=1S/C15H16N2O3S/c16-15(18)14-9-5-4-6-12(14)10-11-17-21(19,20)13-7-2-1-3-8-13/h1-9,17H,10-11H2,(H2,16,18). The summed E-state index contributed by atoms with van der Waals surface area (Å²) in [6.07, 6.45) is 0.394. The molecule has 0 saturated carbocycles. The molecule has 0 radical (unpaired) electrons. The van der Waals surface area contributed by atoms with Gasteiger partial charge in [-0.25, -0.2) is 13.1 Å². The molecule has 110 valence electrons. The fourth-order valence-electron chi connectivity index (χ4n) is 1.98. The second kappa shape index (κ2) is 6.51. The van der Waals surface area contributed by atoms with Crippen LogP contribution in [0.25, 0.3) is 0 Å². The van der Waals surface area contributed by atoms with Crippen LogP contribution in [-0.2, 0) is 16.4 Å². The molecule has 5 nitrogen and oxygen atoms in total. The number of hydrogen-bond acceptors (Lipinski definition) is 3. The predicted molar refractivity (Wildman–Crippen MR) is 80.3 cm³/mol. The van der Waals surface area contributed by atoms with E-state index in [2.05, 4.69) is 4.72 Å². The summed E-state index contributed by atoms with van der Waals surface area (Å²) in [6, 6.07) is 15.0. The average Bonchev–Trinajstić information content (AvgIpc) is 2.48. The van der Waals surface area contributed by atoms with Crippen LogP contribution in [0.15, 0.2) is 59.5 Å². The number of carbonyl (C=O) groups is 1. The van der Waals surface area contributed by atoms with Crippen molar-refractivity contribution in [3.8, 4) is 0 Å². The average molecular weight is 304 g/mol. The van der Waals surface area contributed by atoms with E-state index in [0.717, 1.165) is 5.56 Å². The molecule has 0 aliphatic heterocycles. The van der Waals surface area contributed by atoms with Gasteiger partial charge < -0.3 is 5.73 Å². The van der Waals surface area contributed by atoms with Gasteiger partial charge in [-0.15, -0.1) is 0 Å². The maximum atomic E-state index is 12.0. The molecule has 2 aromatic carbocycles. The van der Waals surface area contributed by atoms with E-state index in [1.807, 2.05) is 0 Å². The molecule has 21 heavy (non-hydrogen) atoms. The monoisotopic (exact) mass is 304 g/mol. The zero-order valence-corrected chi connectivity index (χ0v) is 12.1. The first-order chi connectivity index (χ1) is 10.0. The fraction of sp³-hybridized carbons (Fsp3) is 0.133. The van der Waals surface area contributed by atoms with Crippen molar-refractivity contribution in [3.63, 3.8) is 0 Å². The van der Waals surface area contributed by atoms with Crippen molar-refractivity contribution >= 4 is 15.9 Å². The molecular formula is C15H16N2O3S. The summed E-state index contributed by atoms with van der Waals surface area (Å²) in [5, 5.41) is 0. The Labute approximate surface area is 123 Å². The Morgan fingerprint density at radius 1 is 1.00 bits per heavy atom. The summed E-state index contributed by atoms with van der Waals surface area (Å²) in [7, 11) is -3.53. The van der Waals surface area contributed by atoms with Crippen LogP contribution >= 0.6 is 0 Å². The molecule has 0 atom stereocenters. The minimum Gasteiger partial charge on any atom is -0.366 e. The number of nitrogens with two attached hydrogens (primary N) is 1. The van der Waals surface area contributed by atoms with Crippen molar-refractivity contribution in [1.29, 1.82) is 0 Å². The molecule has 3 N–H and O–H groups in total. The topological polar surface area (TPSA) is 89.3 Å². The lowest BCUT2D eigenvalue weighted by atomic mass is 10.0. The predicted octanol–water partition coefficient (Wildman–Crippen LogP) is 1.31. The first kappa shape index (κ1) is 15.2. The van der Waals surface area contributed by atoms with Crippen LogP contribution in [0.1, 0.15) is 15.9 Å². The summed E-state index contributed by atoms with van der Waals surface area (Å²) >= 11 is 0. The summed E-state index contributed by atoms with van der Waals surface area (Å²) in [5.41, 5.74) is 6.42. The van der Waals surface area contributed by atoms with Gasteiger partial charge in [-0.3, -0.25) is 4.79 Å². The van der Waals surface area contributed by atoms with Gasteiger partial charge in [-0.2, -0.15) is 0 Å². The van der Waals surface area contributed by atoms with Crippen LogP contribution in [0.4, 0.5) is 0 Å². The Bertz CT molecular complexity index is 728. The van der Waals surface area contributed by atoms with Crippen molar-refractivity contribution in [2.75, 3.05) is 6.54 Å². The maximum Gasteiger partial charge on any atom is 0.248 e. The van der Waals surface area contributed by atoms with Gasteiger partial charge in [-0.05, 0) is 30.2 Å². The highest BCUT2D eigenvalue weighted by Crippen LogP contribution is 2.10. The van der Waals surface area contributed by atoms with Gasteiger partial charge in [0.05, 0.1) is 4.90 Å². The Balaban J connectivity index is 2.04. The molecule has 0 bridgehead atoms. The van der Waals surface area contributed by atoms with Crippen LogP contribution in [0.2, 0.25) is 0 Å². The highest BCUT2D eigenvalue weighted by molar-refractivity contribution is 7.89. The highest BCUT2D eigenvalue weighted by atomic mass is 32.2. The van der Waals surface area contributed by atoms with Crippen molar-refractivity contribution in [2.24, 2.45) is 5.73 Å². The van der Waals surface area contributed by atoms with Gasteiger partial charge in [0.15, 0.2) is 0 Å². The Hall–Kier alpha value is -2.18. The first-order valence-electron chi connectivity index (χ1n) is 6.43. The summed E-state index contributed by atoms with van der Waals surface area (Å²) in [5.74, 6) is -0.517. The van der Waals surface area contributed by atoms with Crippen LogP contribution in [0.5, 0.6) is 0 Å². The van der Waals surface area contributed by atoms with Crippen molar-refractivity contribution in [2.45, 2.75) is 11.3 Å². The largest absolute Gasteiger partial charge is 0.366 e. The van der Waals surface area contributed by atoms with E-state index in [1.54, 1.807) is 42.5 Å². The zero-order chi connectivity index (χ0) is 15.3. The van der Waals surface area contributed by atoms with E-state index in [4.69, 9.17) is 5.73 Å². The van der Waals surface area contributed by atoms with Crippen molar-refractivity contribution in [3.05, 3.63) is 65.7 Å². The fourth-order valence-corrected chi connectivity index (χ4v) is 3.03. The lowest BCUT2D eigenvalue weighted by molar-refractivity contribution is 0.0999. The lowest BCUT2D eigenvalue weighted by Crippen LogP contribution is -2.26. The van der Waals surface area contributed by atoms with Gasteiger partial charge in [0, 0.05) is 12.1 Å². The van der Waals surface area contributed by atoms with Gasteiger partial charge >= 0.3 is 0 Å². The second-order valence-electron chi connectivity index (χ2n) is 4.48. The normalized spacial score (nSPS) is 11.2. The third-order valence-corrected chi connectivity index (χ3v) is 4.50.